The van der Waals surface area contributed by atoms with Gasteiger partial charge in [-0.25, -0.2) is 0 Å². The van der Waals surface area contributed by atoms with Crippen LogP contribution in [0.4, 0.5) is 0 Å². The monoisotopic (exact) mass is 127 g/mol. The molecule has 0 aliphatic heterocycles. The van der Waals surface area contributed by atoms with E-state index >= 15 is 0 Å². The van der Waals surface area contributed by atoms with E-state index in [4.69, 9.17) is 5.73 Å². The summed E-state index contributed by atoms with van der Waals surface area (Å²) in [5, 5.41) is 0. The van der Waals surface area contributed by atoms with Gasteiger partial charge in [0.1, 0.15) is 0 Å². The molecule has 0 saturated heterocycles. The summed E-state index contributed by atoms with van der Waals surface area (Å²) in [5.74, 6) is 2.95. The zero-order chi connectivity index (χ0) is 6.85. The molecular weight excluding hydrogens is 110 g/mol. The molecule has 3 atom stereocenters. The SMILES string of the molecule is CCC1C(C)C1CCN. The summed E-state index contributed by atoms with van der Waals surface area (Å²) >= 11 is 0. The molecule has 1 aliphatic carbocycles. The first-order valence-corrected chi connectivity index (χ1v) is 4.01. The molecule has 0 heterocycles. The molecule has 0 aromatic rings. The maximum Gasteiger partial charge on any atom is -0.00744 e. The molecule has 1 saturated carbocycles. The molecule has 1 fully saturated rings. The summed E-state index contributed by atoms with van der Waals surface area (Å²) in [6.45, 7) is 5.50. The van der Waals surface area contributed by atoms with Gasteiger partial charge in [-0.3, -0.25) is 0 Å². The summed E-state index contributed by atoms with van der Waals surface area (Å²) in [6, 6.07) is 0. The molecule has 0 bridgehead atoms. The summed E-state index contributed by atoms with van der Waals surface area (Å²) in [7, 11) is 0. The van der Waals surface area contributed by atoms with Crippen LogP contribution in [0.15, 0.2) is 0 Å². The Balaban J connectivity index is 2.17. The average molecular weight is 127 g/mol. The van der Waals surface area contributed by atoms with Gasteiger partial charge in [-0.05, 0) is 30.7 Å². The van der Waals surface area contributed by atoms with E-state index in [-0.39, 0.29) is 0 Å². The molecule has 0 amide bonds. The second kappa shape index (κ2) is 2.70. The fraction of sp³-hybridized carbons (Fsp3) is 1.00. The molecule has 3 unspecified atom stereocenters. The highest BCUT2D eigenvalue weighted by Gasteiger charge is 2.43. The van der Waals surface area contributed by atoms with Crippen molar-refractivity contribution in [1.82, 2.24) is 0 Å². The molecule has 1 nitrogen and oxygen atoms in total. The number of rotatable bonds is 3. The molecule has 2 N–H and O–H groups in total. The van der Waals surface area contributed by atoms with Crippen LogP contribution in [0.1, 0.15) is 26.7 Å². The van der Waals surface area contributed by atoms with Gasteiger partial charge in [0, 0.05) is 0 Å². The van der Waals surface area contributed by atoms with Crippen LogP contribution >= 0.6 is 0 Å². The van der Waals surface area contributed by atoms with E-state index in [9.17, 15) is 0 Å². The van der Waals surface area contributed by atoms with Crippen molar-refractivity contribution in [2.24, 2.45) is 23.5 Å². The molecule has 0 spiro atoms. The molecule has 0 radical (unpaired) electrons. The lowest BCUT2D eigenvalue weighted by Gasteiger charge is -1.90. The summed E-state index contributed by atoms with van der Waals surface area (Å²) < 4.78 is 0. The Labute approximate surface area is 57.6 Å². The highest BCUT2D eigenvalue weighted by molar-refractivity contribution is 4.92. The van der Waals surface area contributed by atoms with Crippen molar-refractivity contribution in [3.8, 4) is 0 Å². The topological polar surface area (TPSA) is 26.0 Å². The van der Waals surface area contributed by atoms with Gasteiger partial charge in [0.05, 0.1) is 0 Å². The van der Waals surface area contributed by atoms with E-state index in [0.717, 1.165) is 24.3 Å². The lowest BCUT2D eigenvalue weighted by molar-refractivity contribution is 0.637. The van der Waals surface area contributed by atoms with Crippen LogP contribution in [0.25, 0.3) is 0 Å². The van der Waals surface area contributed by atoms with Gasteiger partial charge in [-0.2, -0.15) is 0 Å². The van der Waals surface area contributed by atoms with Crippen molar-refractivity contribution in [2.75, 3.05) is 6.54 Å². The quantitative estimate of drug-likeness (QED) is 0.612. The Kier molecular flexibility index (Phi) is 2.12. The van der Waals surface area contributed by atoms with Gasteiger partial charge in [0.2, 0.25) is 0 Å². The summed E-state index contributed by atoms with van der Waals surface area (Å²) in [6.07, 6.45) is 2.60. The third kappa shape index (κ3) is 1.26. The van der Waals surface area contributed by atoms with Crippen LogP contribution < -0.4 is 5.73 Å². The van der Waals surface area contributed by atoms with Crippen LogP contribution in [0.2, 0.25) is 0 Å². The standard InChI is InChI=1S/C8H17N/c1-3-7-6(2)8(7)4-5-9/h6-8H,3-5,9H2,1-2H3. The van der Waals surface area contributed by atoms with Crippen molar-refractivity contribution in [1.29, 1.82) is 0 Å². The zero-order valence-electron chi connectivity index (χ0n) is 6.43. The minimum Gasteiger partial charge on any atom is -0.330 e. The molecule has 0 aromatic carbocycles. The van der Waals surface area contributed by atoms with Crippen LogP contribution in [-0.4, -0.2) is 6.54 Å². The molecule has 1 heteroatoms. The van der Waals surface area contributed by atoms with E-state index < -0.39 is 0 Å². The minimum absolute atomic E-state index is 0.880. The van der Waals surface area contributed by atoms with Crippen molar-refractivity contribution in [2.45, 2.75) is 26.7 Å². The van der Waals surface area contributed by atoms with Crippen LogP contribution in [0.5, 0.6) is 0 Å². The Bertz CT molecular complexity index is 90.6. The number of hydrogen-bond acceptors (Lipinski definition) is 1. The molecular formula is C8H17N. The second-order valence-corrected chi connectivity index (χ2v) is 3.17. The number of nitrogens with two attached hydrogens (primary N) is 1. The summed E-state index contributed by atoms with van der Waals surface area (Å²) in [4.78, 5) is 0. The van der Waals surface area contributed by atoms with E-state index in [1.807, 2.05) is 0 Å². The smallest absolute Gasteiger partial charge is 0.00744 e. The average Bonchev–Trinajstić information content (AvgIpc) is 2.44. The van der Waals surface area contributed by atoms with E-state index in [2.05, 4.69) is 13.8 Å². The van der Waals surface area contributed by atoms with E-state index in [1.165, 1.54) is 12.8 Å². The highest BCUT2D eigenvalue weighted by atomic mass is 14.6. The third-order valence-corrected chi connectivity index (χ3v) is 2.73. The Morgan fingerprint density at radius 2 is 2.00 bits per heavy atom. The Hall–Kier alpha value is -0.0400. The highest BCUT2D eigenvalue weighted by Crippen LogP contribution is 2.49. The first-order chi connectivity index (χ1) is 4.31. The lowest BCUT2D eigenvalue weighted by atomic mass is 10.2. The van der Waals surface area contributed by atoms with E-state index in [1.54, 1.807) is 0 Å². The zero-order valence-corrected chi connectivity index (χ0v) is 6.43. The van der Waals surface area contributed by atoms with E-state index in [0.29, 0.717) is 0 Å². The van der Waals surface area contributed by atoms with Crippen molar-refractivity contribution < 1.29 is 0 Å². The molecule has 1 rings (SSSR count). The minimum atomic E-state index is 0.880. The Morgan fingerprint density at radius 1 is 1.33 bits per heavy atom. The van der Waals surface area contributed by atoms with Crippen molar-refractivity contribution >= 4 is 0 Å². The fourth-order valence-electron chi connectivity index (χ4n) is 1.98. The van der Waals surface area contributed by atoms with Crippen molar-refractivity contribution in [3.05, 3.63) is 0 Å². The first kappa shape index (κ1) is 7.07. The van der Waals surface area contributed by atoms with Crippen LogP contribution in [0, 0.1) is 17.8 Å². The predicted molar refractivity (Wildman–Crippen MR) is 40.1 cm³/mol. The van der Waals surface area contributed by atoms with Crippen LogP contribution in [0.3, 0.4) is 0 Å². The maximum absolute atomic E-state index is 5.45. The molecule has 1 aliphatic rings. The molecule has 54 valence electrons. The third-order valence-electron chi connectivity index (χ3n) is 2.73. The van der Waals surface area contributed by atoms with Crippen LogP contribution in [-0.2, 0) is 0 Å². The number of hydrogen-bond donors (Lipinski definition) is 1. The fourth-order valence-corrected chi connectivity index (χ4v) is 1.98. The van der Waals surface area contributed by atoms with Gasteiger partial charge in [-0.15, -0.1) is 0 Å². The largest absolute Gasteiger partial charge is 0.330 e. The van der Waals surface area contributed by atoms with Gasteiger partial charge in [-0.1, -0.05) is 20.3 Å². The van der Waals surface area contributed by atoms with Gasteiger partial charge in [0.25, 0.3) is 0 Å². The van der Waals surface area contributed by atoms with Gasteiger partial charge >= 0.3 is 0 Å². The second-order valence-electron chi connectivity index (χ2n) is 3.17. The maximum atomic E-state index is 5.45. The Morgan fingerprint density at radius 3 is 2.33 bits per heavy atom. The lowest BCUT2D eigenvalue weighted by Crippen LogP contribution is -2.00. The normalized spacial score (nSPS) is 41.0. The first-order valence-electron chi connectivity index (χ1n) is 4.01. The van der Waals surface area contributed by atoms with Crippen molar-refractivity contribution in [3.63, 3.8) is 0 Å². The molecule has 0 aromatic heterocycles. The molecule has 9 heavy (non-hydrogen) atoms. The summed E-state index contributed by atoms with van der Waals surface area (Å²) in [5.41, 5.74) is 5.45. The van der Waals surface area contributed by atoms with Gasteiger partial charge < -0.3 is 5.73 Å². The van der Waals surface area contributed by atoms with Gasteiger partial charge in [0.15, 0.2) is 0 Å². The predicted octanol–water partition coefficient (Wildman–Crippen LogP) is 1.63.